The summed E-state index contributed by atoms with van der Waals surface area (Å²) in [6, 6.07) is 12.8. The summed E-state index contributed by atoms with van der Waals surface area (Å²) in [7, 11) is 1.91. The monoisotopic (exact) mass is 437 g/mol. The highest BCUT2D eigenvalue weighted by Crippen LogP contribution is 2.30. The number of nitrogens with zero attached hydrogens (tertiary/aromatic N) is 1. The molecule has 1 aliphatic rings. The van der Waals surface area contributed by atoms with E-state index in [0.29, 0.717) is 17.7 Å². The molecule has 0 bridgehead atoms. The van der Waals surface area contributed by atoms with Crippen molar-refractivity contribution >= 4 is 23.2 Å². The van der Waals surface area contributed by atoms with Crippen molar-refractivity contribution in [3.8, 4) is 0 Å². The molecule has 0 radical (unpaired) electrons. The molecule has 0 aliphatic carbocycles. The molecule has 1 aliphatic heterocycles. The lowest BCUT2D eigenvalue weighted by Gasteiger charge is -2.37. The average Bonchev–Trinajstić information content (AvgIpc) is 2.77. The summed E-state index contributed by atoms with van der Waals surface area (Å²) in [6.07, 6.45) is 3.84. The number of carbonyl (C=O) groups excluding carboxylic acids is 2. The molecule has 0 saturated heterocycles. The van der Waals surface area contributed by atoms with Crippen LogP contribution >= 0.6 is 0 Å². The molecule has 6 heteroatoms. The number of aryl methyl sites for hydroxylation is 1. The van der Waals surface area contributed by atoms with Crippen molar-refractivity contribution in [2.24, 2.45) is 5.92 Å². The highest BCUT2D eigenvalue weighted by atomic mass is 16.3. The first kappa shape index (κ1) is 23.8. The van der Waals surface area contributed by atoms with Gasteiger partial charge in [-0.3, -0.25) is 9.59 Å². The standard InChI is InChI=1S/C26H35N3O3/c1-5-6-7-18-8-10-19(11-9-18)25(31)27-21-13-12-20-14-22(16-30)28-26(32)24(17(2)3)29(4)23(20)15-21/h8-13,15,17,22,24,30H,5-7,14,16H2,1-4H3,(H,27,31)(H,28,32). The first-order valence-electron chi connectivity index (χ1n) is 11.5. The fourth-order valence-electron chi connectivity index (χ4n) is 4.34. The molecular formula is C26H35N3O3. The number of likely N-dealkylation sites (N-methyl/N-ethyl adjacent to an activating group) is 1. The highest BCUT2D eigenvalue weighted by Gasteiger charge is 2.32. The Bertz CT molecular complexity index is 940. The third-order valence-corrected chi connectivity index (χ3v) is 6.11. The number of anilines is 2. The van der Waals surface area contributed by atoms with Gasteiger partial charge in [0.2, 0.25) is 5.91 Å². The molecule has 0 fully saturated rings. The van der Waals surface area contributed by atoms with Gasteiger partial charge in [0.25, 0.3) is 5.91 Å². The van der Waals surface area contributed by atoms with Gasteiger partial charge in [0.1, 0.15) is 6.04 Å². The van der Waals surface area contributed by atoms with Crippen LogP contribution in [0.1, 0.15) is 55.1 Å². The zero-order valence-electron chi connectivity index (χ0n) is 19.5. The molecule has 2 aromatic carbocycles. The van der Waals surface area contributed by atoms with Crippen molar-refractivity contribution < 1.29 is 14.7 Å². The van der Waals surface area contributed by atoms with Gasteiger partial charge in [0.15, 0.2) is 0 Å². The van der Waals surface area contributed by atoms with Crippen LogP contribution in [0, 0.1) is 5.92 Å². The van der Waals surface area contributed by atoms with Crippen LogP contribution in [0.3, 0.4) is 0 Å². The Labute approximate surface area is 191 Å². The third-order valence-electron chi connectivity index (χ3n) is 6.11. The average molecular weight is 438 g/mol. The number of unbranched alkanes of at least 4 members (excludes halogenated alkanes) is 1. The summed E-state index contributed by atoms with van der Waals surface area (Å²) in [5.41, 5.74) is 4.45. The molecule has 3 N–H and O–H groups in total. The first-order valence-corrected chi connectivity index (χ1v) is 11.5. The minimum atomic E-state index is -0.371. The number of rotatable bonds is 7. The molecule has 6 nitrogen and oxygen atoms in total. The van der Waals surface area contributed by atoms with E-state index < -0.39 is 0 Å². The number of nitrogens with one attached hydrogen (secondary N) is 2. The predicted octanol–water partition coefficient (Wildman–Crippen LogP) is 3.78. The zero-order chi connectivity index (χ0) is 23.3. The van der Waals surface area contributed by atoms with Crippen LogP contribution in [0.4, 0.5) is 11.4 Å². The van der Waals surface area contributed by atoms with Crippen molar-refractivity contribution in [2.75, 3.05) is 23.9 Å². The predicted molar refractivity (Wildman–Crippen MR) is 129 cm³/mol. The molecule has 2 atom stereocenters. The second kappa shape index (κ2) is 10.6. The lowest BCUT2D eigenvalue weighted by molar-refractivity contribution is -0.124. The SMILES string of the molecule is CCCCc1ccc(C(=O)Nc2ccc3c(c2)N(C)C(C(C)C)C(=O)NC(CO)C3)cc1. The van der Waals surface area contributed by atoms with Gasteiger partial charge in [0.05, 0.1) is 12.6 Å². The number of hydrogen-bond donors (Lipinski definition) is 3. The van der Waals surface area contributed by atoms with E-state index in [1.807, 2.05) is 68.3 Å². The van der Waals surface area contributed by atoms with E-state index >= 15 is 0 Å². The van der Waals surface area contributed by atoms with Crippen LogP contribution in [-0.4, -0.2) is 42.7 Å². The Hall–Kier alpha value is -2.86. The van der Waals surface area contributed by atoms with E-state index in [2.05, 4.69) is 17.6 Å². The van der Waals surface area contributed by atoms with Gasteiger partial charge in [-0.25, -0.2) is 0 Å². The number of aliphatic hydroxyl groups is 1. The summed E-state index contributed by atoms with van der Waals surface area (Å²) < 4.78 is 0. The lowest BCUT2D eigenvalue weighted by Crippen LogP contribution is -2.54. The van der Waals surface area contributed by atoms with Crippen LogP contribution < -0.4 is 15.5 Å². The Kier molecular flexibility index (Phi) is 7.91. The van der Waals surface area contributed by atoms with Gasteiger partial charge in [0, 0.05) is 24.0 Å². The topological polar surface area (TPSA) is 81.7 Å². The Balaban J connectivity index is 1.84. The van der Waals surface area contributed by atoms with Crippen molar-refractivity contribution in [2.45, 2.75) is 58.5 Å². The van der Waals surface area contributed by atoms with Gasteiger partial charge in [-0.05, 0) is 60.6 Å². The number of carbonyl (C=O) groups is 2. The van der Waals surface area contributed by atoms with Crippen LogP contribution in [0.15, 0.2) is 42.5 Å². The summed E-state index contributed by atoms with van der Waals surface area (Å²) in [5, 5.41) is 15.7. The number of amides is 2. The van der Waals surface area contributed by atoms with Gasteiger partial charge >= 0.3 is 0 Å². The lowest BCUT2D eigenvalue weighted by atomic mass is 9.95. The van der Waals surface area contributed by atoms with Crippen molar-refractivity contribution in [3.05, 3.63) is 59.2 Å². The maximum absolute atomic E-state index is 12.8. The van der Waals surface area contributed by atoms with Crippen LogP contribution in [0.2, 0.25) is 0 Å². The normalized spacial score (nSPS) is 18.6. The van der Waals surface area contributed by atoms with Gasteiger partial charge in [-0.15, -0.1) is 0 Å². The highest BCUT2D eigenvalue weighted by molar-refractivity contribution is 6.04. The summed E-state index contributed by atoms with van der Waals surface area (Å²) >= 11 is 0. The van der Waals surface area contributed by atoms with E-state index in [-0.39, 0.29) is 36.4 Å². The quantitative estimate of drug-likeness (QED) is 0.616. The molecule has 2 unspecified atom stereocenters. The van der Waals surface area contributed by atoms with Crippen molar-refractivity contribution in [1.82, 2.24) is 5.32 Å². The Morgan fingerprint density at radius 2 is 1.94 bits per heavy atom. The number of aliphatic hydroxyl groups excluding tert-OH is 1. The minimum Gasteiger partial charge on any atom is -0.394 e. The fourth-order valence-corrected chi connectivity index (χ4v) is 4.34. The largest absolute Gasteiger partial charge is 0.394 e. The number of fused-ring (bicyclic) bond motifs is 1. The maximum Gasteiger partial charge on any atom is 0.255 e. The smallest absolute Gasteiger partial charge is 0.255 e. The summed E-state index contributed by atoms with van der Waals surface area (Å²) in [6.45, 7) is 6.06. The molecule has 2 amide bonds. The molecule has 0 spiro atoms. The molecule has 0 aromatic heterocycles. The fraction of sp³-hybridized carbons (Fsp3) is 0.462. The van der Waals surface area contributed by atoms with E-state index in [0.717, 1.165) is 30.5 Å². The molecule has 32 heavy (non-hydrogen) atoms. The third kappa shape index (κ3) is 5.49. The van der Waals surface area contributed by atoms with E-state index in [1.54, 1.807) is 0 Å². The second-order valence-corrected chi connectivity index (χ2v) is 8.99. The molecular weight excluding hydrogens is 402 g/mol. The minimum absolute atomic E-state index is 0.0785. The van der Waals surface area contributed by atoms with Gasteiger partial charge < -0.3 is 20.6 Å². The van der Waals surface area contributed by atoms with E-state index in [4.69, 9.17) is 0 Å². The number of hydrogen-bond acceptors (Lipinski definition) is 4. The Morgan fingerprint density at radius 3 is 2.56 bits per heavy atom. The summed E-state index contributed by atoms with van der Waals surface area (Å²) in [4.78, 5) is 27.6. The van der Waals surface area contributed by atoms with Gasteiger partial charge in [-0.2, -0.15) is 0 Å². The molecule has 3 rings (SSSR count). The summed E-state index contributed by atoms with van der Waals surface area (Å²) in [5.74, 6) is -0.175. The van der Waals surface area contributed by atoms with Crippen molar-refractivity contribution in [3.63, 3.8) is 0 Å². The first-order chi connectivity index (χ1) is 15.3. The van der Waals surface area contributed by atoms with Crippen LogP contribution in [0.5, 0.6) is 0 Å². The van der Waals surface area contributed by atoms with Crippen LogP contribution in [0.25, 0.3) is 0 Å². The van der Waals surface area contributed by atoms with Crippen molar-refractivity contribution in [1.29, 1.82) is 0 Å². The molecule has 1 heterocycles. The number of benzene rings is 2. The van der Waals surface area contributed by atoms with Crippen LogP contribution in [-0.2, 0) is 17.6 Å². The maximum atomic E-state index is 12.8. The van der Waals surface area contributed by atoms with E-state index in [9.17, 15) is 14.7 Å². The van der Waals surface area contributed by atoms with Gasteiger partial charge in [-0.1, -0.05) is 45.4 Å². The molecule has 2 aromatic rings. The second-order valence-electron chi connectivity index (χ2n) is 8.99. The van der Waals surface area contributed by atoms with E-state index in [1.165, 1.54) is 5.56 Å². The Morgan fingerprint density at radius 1 is 1.22 bits per heavy atom. The molecule has 172 valence electrons. The zero-order valence-corrected chi connectivity index (χ0v) is 19.5. The molecule has 0 saturated carbocycles.